The van der Waals surface area contributed by atoms with Gasteiger partial charge in [-0.3, -0.25) is 0 Å². The van der Waals surface area contributed by atoms with Crippen molar-refractivity contribution in [2.45, 2.75) is 17.7 Å². The SMILES string of the molecule is Cn1cnc2c(NC(=S)Cc3cc(S(N)(=O)=O)ccc3OC(F)(F)F)cccc21. The van der Waals surface area contributed by atoms with Crippen LogP contribution in [0.3, 0.4) is 0 Å². The number of rotatable bonds is 5. The molecule has 2 aromatic carbocycles. The fourth-order valence-electron chi connectivity index (χ4n) is 2.72. The maximum absolute atomic E-state index is 12.7. The van der Waals surface area contributed by atoms with Crippen LogP contribution in [-0.2, 0) is 23.5 Å². The first kappa shape index (κ1) is 21.0. The van der Waals surface area contributed by atoms with Gasteiger partial charge in [0.05, 0.1) is 27.4 Å². The van der Waals surface area contributed by atoms with E-state index in [0.29, 0.717) is 11.2 Å². The molecule has 0 amide bonds. The predicted octanol–water partition coefficient (Wildman–Crippen LogP) is 3.10. The number of imidazole rings is 1. The number of nitrogens with zero attached hydrogens (tertiary/aromatic N) is 2. The summed E-state index contributed by atoms with van der Waals surface area (Å²) in [6.45, 7) is 0. The molecule has 29 heavy (non-hydrogen) atoms. The number of anilines is 1. The van der Waals surface area contributed by atoms with E-state index in [4.69, 9.17) is 17.4 Å². The highest BCUT2D eigenvalue weighted by molar-refractivity contribution is 7.89. The van der Waals surface area contributed by atoms with E-state index in [2.05, 4.69) is 15.0 Å². The van der Waals surface area contributed by atoms with Crippen LogP contribution in [0.2, 0.25) is 0 Å². The molecule has 1 aromatic heterocycles. The molecule has 0 aliphatic carbocycles. The molecule has 0 fully saturated rings. The number of fused-ring (bicyclic) bond motifs is 1. The number of ether oxygens (including phenoxy) is 1. The van der Waals surface area contributed by atoms with Crippen molar-refractivity contribution >= 4 is 44.0 Å². The Morgan fingerprint density at radius 3 is 2.69 bits per heavy atom. The van der Waals surface area contributed by atoms with Gasteiger partial charge >= 0.3 is 6.36 Å². The minimum absolute atomic E-state index is 0.0838. The number of halogens is 3. The second-order valence-corrected chi connectivity index (χ2v) is 8.17. The quantitative estimate of drug-likeness (QED) is 0.587. The molecular weight excluding hydrogens is 429 g/mol. The summed E-state index contributed by atoms with van der Waals surface area (Å²) in [6, 6.07) is 8.17. The van der Waals surface area contributed by atoms with Crippen molar-refractivity contribution in [1.82, 2.24) is 9.55 Å². The van der Waals surface area contributed by atoms with Crippen molar-refractivity contribution < 1.29 is 26.3 Å². The van der Waals surface area contributed by atoms with E-state index < -0.39 is 22.1 Å². The summed E-state index contributed by atoms with van der Waals surface area (Å²) in [5.41, 5.74) is 1.94. The number of thiocarbonyl (C=S) groups is 1. The van der Waals surface area contributed by atoms with Crippen molar-refractivity contribution in [2.24, 2.45) is 12.2 Å². The number of hydrogen-bond acceptors (Lipinski definition) is 5. The molecular formula is C17H15F3N4O3S2. The van der Waals surface area contributed by atoms with Crippen LogP contribution < -0.4 is 15.2 Å². The molecule has 7 nitrogen and oxygen atoms in total. The van der Waals surface area contributed by atoms with E-state index >= 15 is 0 Å². The molecule has 0 aliphatic rings. The summed E-state index contributed by atoms with van der Waals surface area (Å²) in [5, 5.41) is 8.01. The lowest BCUT2D eigenvalue weighted by Gasteiger charge is -2.15. The van der Waals surface area contributed by atoms with Gasteiger partial charge in [0.25, 0.3) is 0 Å². The molecule has 0 spiro atoms. The molecule has 3 aromatic rings. The Kier molecular flexibility index (Phi) is 5.52. The summed E-state index contributed by atoms with van der Waals surface area (Å²) in [4.78, 5) is 4.05. The monoisotopic (exact) mass is 444 g/mol. The zero-order chi connectivity index (χ0) is 21.4. The second kappa shape index (κ2) is 7.61. The lowest BCUT2D eigenvalue weighted by Crippen LogP contribution is -2.20. The molecule has 0 bridgehead atoms. The maximum Gasteiger partial charge on any atom is 0.573 e. The van der Waals surface area contributed by atoms with Gasteiger partial charge in [-0.25, -0.2) is 18.5 Å². The number of hydrogen-bond donors (Lipinski definition) is 2. The van der Waals surface area contributed by atoms with E-state index in [-0.39, 0.29) is 21.9 Å². The van der Waals surface area contributed by atoms with Gasteiger partial charge in [0.2, 0.25) is 10.0 Å². The fourth-order valence-corrected chi connectivity index (χ4v) is 3.55. The van der Waals surface area contributed by atoms with E-state index in [0.717, 1.165) is 23.7 Å². The number of nitrogens with two attached hydrogens (primary N) is 1. The number of para-hydroxylation sites is 1. The standard InChI is InChI=1S/C17H15F3N4O3S2/c1-24-9-22-16-12(3-2-4-13(16)24)23-15(28)8-10-7-11(29(21,25)26)5-6-14(10)27-17(18,19)20/h2-7,9H,8H2,1H3,(H,23,28)(H2,21,25,26). The first-order valence-electron chi connectivity index (χ1n) is 8.05. The van der Waals surface area contributed by atoms with Crippen LogP contribution in [0.25, 0.3) is 11.0 Å². The van der Waals surface area contributed by atoms with E-state index in [1.807, 2.05) is 13.1 Å². The third kappa shape index (κ3) is 5.02. The zero-order valence-electron chi connectivity index (χ0n) is 14.9. The highest BCUT2D eigenvalue weighted by Gasteiger charge is 2.32. The lowest BCUT2D eigenvalue weighted by atomic mass is 10.1. The number of aromatic nitrogens is 2. The first-order valence-corrected chi connectivity index (χ1v) is 10.0. The Morgan fingerprint density at radius 2 is 2.03 bits per heavy atom. The van der Waals surface area contributed by atoms with Crippen LogP contribution in [0.15, 0.2) is 47.6 Å². The largest absolute Gasteiger partial charge is 0.573 e. The van der Waals surface area contributed by atoms with E-state index in [9.17, 15) is 21.6 Å². The van der Waals surface area contributed by atoms with Crippen molar-refractivity contribution in [3.63, 3.8) is 0 Å². The Morgan fingerprint density at radius 1 is 1.31 bits per heavy atom. The number of sulfonamides is 1. The Hall–Kier alpha value is -2.70. The molecule has 3 rings (SSSR count). The zero-order valence-corrected chi connectivity index (χ0v) is 16.5. The van der Waals surface area contributed by atoms with Gasteiger partial charge in [-0.2, -0.15) is 0 Å². The molecule has 3 N–H and O–H groups in total. The molecule has 0 saturated carbocycles. The Labute approximate surface area is 169 Å². The van der Waals surface area contributed by atoms with Crippen molar-refractivity contribution in [3.8, 4) is 5.75 Å². The van der Waals surface area contributed by atoms with Crippen LogP contribution in [0.5, 0.6) is 5.75 Å². The lowest BCUT2D eigenvalue weighted by molar-refractivity contribution is -0.274. The van der Waals surface area contributed by atoms with Crippen molar-refractivity contribution in [2.75, 3.05) is 5.32 Å². The van der Waals surface area contributed by atoms with Gasteiger partial charge in [-0.1, -0.05) is 18.3 Å². The van der Waals surface area contributed by atoms with Gasteiger partial charge < -0.3 is 14.6 Å². The van der Waals surface area contributed by atoms with E-state index in [1.165, 1.54) is 0 Å². The predicted molar refractivity (Wildman–Crippen MR) is 105 cm³/mol. The van der Waals surface area contributed by atoms with Crippen molar-refractivity contribution in [3.05, 3.63) is 48.3 Å². The summed E-state index contributed by atoms with van der Waals surface area (Å²) >= 11 is 5.26. The van der Waals surface area contributed by atoms with Gasteiger partial charge in [0.15, 0.2) is 0 Å². The highest BCUT2D eigenvalue weighted by atomic mass is 32.2. The molecule has 12 heteroatoms. The average molecular weight is 444 g/mol. The number of nitrogens with one attached hydrogen (secondary N) is 1. The number of benzene rings is 2. The third-order valence-corrected chi connectivity index (χ3v) is 5.12. The van der Waals surface area contributed by atoms with Crippen LogP contribution in [0.4, 0.5) is 18.9 Å². The smallest absolute Gasteiger partial charge is 0.405 e. The summed E-state index contributed by atoms with van der Waals surface area (Å²) in [7, 11) is -2.30. The molecule has 0 saturated heterocycles. The van der Waals surface area contributed by atoms with Gasteiger partial charge in [0, 0.05) is 19.0 Å². The number of aryl methyl sites for hydroxylation is 1. The van der Waals surface area contributed by atoms with Gasteiger partial charge in [0.1, 0.15) is 11.3 Å². The summed E-state index contributed by atoms with van der Waals surface area (Å²) < 4.78 is 67.0. The Balaban J connectivity index is 1.91. The van der Waals surface area contributed by atoms with Gasteiger partial charge in [-0.15, -0.1) is 13.2 Å². The molecule has 0 aliphatic heterocycles. The van der Waals surface area contributed by atoms with Crippen LogP contribution in [0.1, 0.15) is 5.56 Å². The first-order chi connectivity index (χ1) is 13.4. The summed E-state index contributed by atoms with van der Waals surface area (Å²) in [6.07, 6.45) is -3.55. The van der Waals surface area contributed by atoms with Crippen LogP contribution in [0, 0.1) is 0 Å². The molecule has 0 unspecified atom stereocenters. The fraction of sp³-hybridized carbons (Fsp3) is 0.176. The van der Waals surface area contributed by atoms with Crippen molar-refractivity contribution in [1.29, 1.82) is 0 Å². The molecule has 0 radical (unpaired) electrons. The Bertz CT molecular complexity index is 1190. The minimum atomic E-state index is -4.95. The number of alkyl halides is 3. The van der Waals surface area contributed by atoms with Crippen LogP contribution >= 0.6 is 12.2 Å². The van der Waals surface area contributed by atoms with Gasteiger partial charge in [-0.05, 0) is 30.3 Å². The van der Waals surface area contributed by atoms with E-state index in [1.54, 1.807) is 23.0 Å². The average Bonchev–Trinajstić information content (AvgIpc) is 2.97. The topological polar surface area (TPSA) is 99.2 Å². The highest BCUT2D eigenvalue weighted by Crippen LogP contribution is 2.29. The van der Waals surface area contributed by atoms with Crippen LogP contribution in [-0.4, -0.2) is 29.3 Å². The summed E-state index contributed by atoms with van der Waals surface area (Å²) in [5.74, 6) is -0.565. The molecule has 154 valence electrons. The molecule has 0 atom stereocenters. The number of primary sulfonamides is 1. The minimum Gasteiger partial charge on any atom is -0.405 e. The normalized spacial score (nSPS) is 12.2. The molecule has 1 heterocycles. The maximum atomic E-state index is 12.7. The second-order valence-electron chi connectivity index (χ2n) is 6.12. The third-order valence-electron chi connectivity index (χ3n) is 3.97.